The summed E-state index contributed by atoms with van der Waals surface area (Å²) in [5.41, 5.74) is 3.81. The minimum Gasteiger partial charge on any atom is -0.384 e. The van der Waals surface area contributed by atoms with E-state index in [4.69, 9.17) is 0 Å². The molecule has 1 saturated heterocycles. The number of benzene rings is 2. The molecule has 0 unspecified atom stereocenters. The third-order valence-electron chi connectivity index (χ3n) is 5.49. The first-order chi connectivity index (χ1) is 13.6. The van der Waals surface area contributed by atoms with Crippen molar-refractivity contribution in [3.05, 3.63) is 57.6 Å². The molecule has 6 heteroatoms. The summed E-state index contributed by atoms with van der Waals surface area (Å²) < 4.78 is 0.927. The number of carbonyl (C=O) groups excluding carboxylic acids is 2. The highest BCUT2D eigenvalue weighted by Crippen LogP contribution is 2.34. The van der Waals surface area contributed by atoms with Crippen molar-refractivity contribution in [2.24, 2.45) is 0 Å². The van der Waals surface area contributed by atoms with Gasteiger partial charge in [0.1, 0.15) is 0 Å². The van der Waals surface area contributed by atoms with E-state index in [0.29, 0.717) is 23.2 Å². The molecule has 146 valence electrons. The van der Waals surface area contributed by atoms with E-state index >= 15 is 0 Å². The highest BCUT2D eigenvalue weighted by Gasteiger charge is 2.26. The molecule has 28 heavy (non-hydrogen) atoms. The first-order valence-electron chi connectivity index (χ1n) is 9.84. The van der Waals surface area contributed by atoms with Crippen molar-refractivity contribution >= 4 is 39.0 Å². The summed E-state index contributed by atoms with van der Waals surface area (Å²) in [6.07, 6.45) is 3.82. The maximum Gasteiger partial charge on any atom is 0.255 e. The van der Waals surface area contributed by atoms with Gasteiger partial charge < -0.3 is 15.5 Å². The lowest BCUT2D eigenvalue weighted by atomic mass is 10.1. The number of nitrogens with one attached hydrogen (secondary N) is 2. The number of fused-ring (bicyclic) bond motifs is 1. The minimum absolute atomic E-state index is 0.0872. The molecule has 5 nitrogen and oxygen atoms in total. The minimum atomic E-state index is -0.201. The van der Waals surface area contributed by atoms with Gasteiger partial charge in [-0.1, -0.05) is 15.9 Å². The summed E-state index contributed by atoms with van der Waals surface area (Å²) >= 11 is 3.50. The molecule has 2 aromatic carbocycles. The first-order valence-corrected chi connectivity index (χ1v) is 10.6. The molecule has 1 aliphatic heterocycles. The van der Waals surface area contributed by atoms with Crippen LogP contribution in [-0.4, -0.2) is 42.8 Å². The van der Waals surface area contributed by atoms with E-state index in [2.05, 4.69) is 31.5 Å². The van der Waals surface area contributed by atoms with Crippen molar-refractivity contribution in [3.8, 4) is 0 Å². The van der Waals surface area contributed by atoms with Gasteiger partial charge in [0.15, 0.2) is 5.78 Å². The first kappa shape index (κ1) is 19.2. The van der Waals surface area contributed by atoms with Crippen molar-refractivity contribution in [3.63, 3.8) is 0 Å². The number of nitrogens with zero attached hydrogens (tertiary/aromatic N) is 1. The fourth-order valence-corrected chi connectivity index (χ4v) is 4.48. The molecule has 1 heterocycles. The van der Waals surface area contributed by atoms with Gasteiger partial charge in [0.05, 0.1) is 5.69 Å². The molecule has 1 amide bonds. The van der Waals surface area contributed by atoms with Gasteiger partial charge in [-0.25, -0.2) is 0 Å². The van der Waals surface area contributed by atoms with E-state index in [1.165, 1.54) is 25.9 Å². The van der Waals surface area contributed by atoms with Crippen molar-refractivity contribution in [1.29, 1.82) is 0 Å². The summed E-state index contributed by atoms with van der Waals surface area (Å²) in [6, 6.07) is 11.2. The number of halogens is 1. The Hall–Kier alpha value is -2.18. The molecule has 0 saturated carbocycles. The van der Waals surface area contributed by atoms with Gasteiger partial charge in [0.25, 0.3) is 5.91 Å². The number of Topliss-reactive ketones (excluding diaryl/α,β-unsaturated/α-hetero) is 1. The van der Waals surface area contributed by atoms with Gasteiger partial charge in [-0.2, -0.15) is 0 Å². The van der Waals surface area contributed by atoms with Crippen LogP contribution in [0.15, 0.2) is 40.9 Å². The molecule has 0 spiro atoms. The maximum absolute atomic E-state index is 12.6. The van der Waals surface area contributed by atoms with E-state index in [9.17, 15) is 9.59 Å². The quantitative estimate of drug-likeness (QED) is 0.699. The number of hydrogen-bond donors (Lipinski definition) is 2. The largest absolute Gasteiger partial charge is 0.384 e. The van der Waals surface area contributed by atoms with Gasteiger partial charge in [-0.05, 0) is 74.3 Å². The molecule has 2 aromatic rings. The smallest absolute Gasteiger partial charge is 0.255 e. The third kappa shape index (κ3) is 4.13. The van der Waals surface area contributed by atoms with Crippen LogP contribution in [0.3, 0.4) is 0 Å². The van der Waals surface area contributed by atoms with E-state index in [1.54, 1.807) is 6.07 Å². The molecule has 1 aliphatic carbocycles. The summed E-state index contributed by atoms with van der Waals surface area (Å²) in [5.74, 6) is -0.114. The van der Waals surface area contributed by atoms with Gasteiger partial charge >= 0.3 is 0 Å². The third-order valence-corrected chi connectivity index (χ3v) is 6.23. The Morgan fingerprint density at radius 1 is 1.04 bits per heavy atom. The fraction of sp³-hybridized carbons (Fsp3) is 0.364. The lowest BCUT2D eigenvalue weighted by Crippen LogP contribution is -2.25. The number of ketones is 1. The highest BCUT2D eigenvalue weighted by molar-refractivity contribution is 9.10. The monoisotopic (exact) mass is 441 g/mol. The molecule has 2 N–H and O–H groups in total. The standard InChI is InChI=1S/C22H24BrN3O2/c23-18-8-9-19(21-17(18)7-10-20(21)27)25-22(28)15-3-5-16(6-4-15)24-11-14-26-12-1-2-13-26/h3-6,8-9,24H,1-2,7,10-14H2,(H,25,28). The van der Waals surface area contributed by atoms with Crippen molar-refractivity contribution < 1.29 is 9.59 Å². The Bertz CT molecular complexity index is 889. The lowest BCUT2D eigenvalue weighted by Gasteiger charge is -2.15. The van der Waals surface area contributed by atoms with E-state index in [0.717, 1.165) is 35.2 Å². The molecule has 4 rings (SSSR count). The molecular weight excluding hydrogens is 418 g/mol. The molecule has 0 bridgehead atoms. The number of likely N-dealkylation sites (tertiary alicyclic amines) is 1. The van der Waals surface area contributed by atoms with Crippen LogP contribution in [0.4, 0.5) is 11.4 Å². The Kier molecular flexibility index (Phi) is 5.78. The summed E-state index contributed by atoms with van der Waals surface area (Å²) in [7, 11) is 0. The lowest BCUT2D eigenvalue weighted by molar-refractivity contribution is 0.0995. The zero-order valence-electron chi connectivity index (χ0n) is 15.8. The highest BCUT2D eigenvalue weighted by atomic mass is 79.9. The molecular formula is C22H24BrN3O2. The normalized spacial score (nSPS) is 16.2. The van der Waals surface area contributed by atoms with Gasteiger partial charge in [0, 0.05) is 40.8 Å². The van der Waals surface area contributed by atoms with Crippen LogP contribution in [0.2, 0.25) is 0 Å². The summed E-state index contributed by atoms with van der Waals surface area (Å²) in [5, 5.41) is 6.32. The second-order valence-corrected chi connectivity index (χ2v) is 8.23. The molecule has 0 atom stereocenters. The van der Waals surface area contributed by atoms with Crippen LogP contribution >= 0.6 is 15.9 Å². The van der Waals surface area contributed by atoms with Crippen LogP contribution in [0.5, 0.6) is 0 Å². The summed E-state index contributed by atoms with van der Waals surface area (Å²) in [4.78, 5) is 27.3. The zero-order chi connectivity index (χ0) is 19.5. The van der Waals surface area contributed by atoms with Crippen LogP contribution in [0.1, 0.15) is 45.5 Å². The van der Waals surface area contributed by atoms with E-state index in [-0.39, 0.29) is 11.7 Å². The Morgan fingerprint density at radius 3 is 2.54 bits per heavy atom. The Labute approximate surface area is 173 Å². The van der Waals surface area contributed by atoms with Gasteiger partial charge in [0.2, 0.25) is 0 Å². The Balaban J connectivity index is 1.38. The molecule has 0 aromatic heterocycles. The van der Waals surface area contributed by atoms with Gasteiger partial charge in [-0.15, -0.1) is 0 Å². The summed E-state index contributed by atoms with van der Waals surface area (Å²) in [6.45, 7) is 4.34. The van der Waals surface area contributed by atoms with Crippen molar-refractivity contribution in [2.45, 2.75) is 25.7 Å². The van der Waals surface area contributed by atoms with Gasteiger partial charge in [-0.3, -0.25) is 9.59 Å². The Morgan fingerprint density at radius 2 is 1.79 bits per heavy atom. The number of anilines is 2. The molecule has 2 aliphatic rings. The average Bonchev–Trinajstić information content (AvgIpc) is 3.35. The average molecular weight is 442 g/mol. The predicted octanol–water partition coefficient (Wildman–Crippen LogP) is 4.34. The maximum atomic E-state index is 12.6. The number of rotatable bonds is 6. The van der Waals surface area contributed by atoms with E-state index < -0.39 is 0 Å². The van der Waals surface area contributed by atoms with Crippen molar-refractivity contribution in [2.75, 3.05) is 36.8 Å². The van der Waals surface area contributed by atoms with Crippen LogP contribution in [0.25, 0.3) is 0 Å². The molecule has 1 fully saturated rings. The van der Waals surface area contributed by atoms with E-state index in [1.807, 2.05) is 30.3 Å². The number of carbonyl (C=O) groups is 2. The predicted molar refractivity (Wildman–Crippen MR) is 115 cm³/mol. The molecule has 0 radical (unpaired) electrons. The topological polar surface area (TPSA) is 61.4 Å². The fourth-order valence-electron chi connectivity index (χ4n) is 3.95. The van der Waals surface area contributed by atoms with Crippen LogP contribution in [-0.2, 0) is 6.42 Å². The van der Waals surface area contributed by atoms with Crippen molar-refractivity contribution in [1.82, 2.24) is 4.90 Å². The number of amides is 1. The van der Waals surface area contributed by atoms with Crippen LogP contribution in [0, 0.1) is 0 Å². The SMILES string of the molecule is O=C(Nc1ccc(Br)c2c1C(=O)CC2)c1ccc(NCCN2CCCC2)cc1. The zero-order valence-corrected chi connectivity index (χ0v) is 17.3. The second kappa shape index (κ2) is 8.45. The second-order valence-electron chi connectivity index (χ2n) is 7.38. The number of hydrogen-bond acceptors (Lipinski definition) is 4. The van der Waals surface area contributed by atoms with Crippen LogP contribution < -0.4 is 10.6 Å².